The third-order valence-electron chi connectivity index (χ3n) is 3.23. The molecule has 1 N–H and O–H groups in total. The van der Waals surface area contributed by atoms with Crippen LogP contribution in [0, 0.1) is 5.92 Å². The van der Waals surface area contributed by atoms with Gasteiger partial charge >= 0.3 is 0 Å². The van der Waals surface area contributed by atoms with Gasteiger partial charge in [-0.05, 0) is 53.2 Å². The predicted octanol–water partition coefficient (Wildman–Crippen LogP) is 3.79. The Morgan fingerprint density at radius 1 is 1.37 bits per heavy atom. The minimum absolute atomic E-state index is 0.0945. The highest BCUT2D eigenvalue weighted by Gasteiger charge is 2.26. The Morgan fingerprint density at radius 3 is 2.68 bits per heavy atom. The predicted molar refractivity (Wildman–Crippen MR) is 81.3 cm³/mol. The SMILES string of the molecule is O=S(=O)(NCC1CCC(Cl)C1)c1c(Cl)cccc1Br. The van der Waals surface area contributed by atoms with Gasteiger partial charge in [0.15, 0.2) is 0 Å². The van der Waals surface area contributed by atoms with Gasteiger partial charge in [-0.25, -0.2) is 13.1 Å². The number of hydrogen-bond acceptors (Lipinski definition) is 2. The molecule has 3 nitrogen and oxygen atoms in total. The summed E-state index contributed by atoms with van der Waals surface area (Å²) in [6, 6.07) is 4.91. The van der Waals surface area contributed by atoms with Crippen molar-refractivity contribution in [2.75, 3.05) is 6.54 Å². The van der Waals surface area contributed by atoms with Crippen molar-refractivity contribution in [1.82, 2.24) is 4.72 Å². The fourth-order valence-corrected chi connectivity index (χ4v) is 5.46. The van der Waals surface area contributed by atoms with Crippen LogP contribution in [0.1, 0.15) is 19.3 Å². The lowest BCUT2D eigenvalue weighted by Gasteiger charge is -2.13. The van der Waals surface area contributed by atoms with Crippen molar-refractivity contribution in [3.8, 4) is 0 Å². The molecule has 0 radical (unpaired) electrons. The Hall–Kier alpha value is 0.190. The molecule has 2 rings (SSSR count). The molecule has 1 aliphatic rings. The third-order valence-corrected chi connectivity index (χ3v) is 6.50. The molecule has 1 saturated carbocycles. The first-order chi connectivity index (χ1) is 8.90. The summed E-state index contributed by atoms with van der Waals surface area (Å²) >= 11 is 15.2. The molecule has 1 fully saturated rings. The second kappa shape index (κ2) is 6.31. The van der Waals surface area contributed by atoms with E-state index in [0.717, 1.165) is 19.3 Å². The monoisotopic (exact) mass is 385 g/mol. The summed E-state index contributed by atoms with van der Waals surface area (Å²) in [5.74, 6) is 0.304. The van der Waals surface area contributed by atoms with Crippen molar-refractivity contribution in [3.05, 3.63) is 27.7 Å². The first-order valence-corrected chi connectivity index (χ1v) is 9.07. The average Bonchev–Trinajstić information content (AvgIpc) is 2.72. The van der Waals surface area contributed by atoms with Crippen molar-refractivity contribution in [2.45, 2.75) is 29.5 Å². The number of rotatable bonds is 4. The van der Waals surface area contributed by atoms with E-state index in [2.05, 4.69) is 20.7 Å². The summed E-state index contributed by atoms with van der Waals surface area (Å²) in [4.78, 5) is 0.0945. The van der Waals surface area contributed by atoms with E-state index in [4.69, 9.17) is 23.2 Å². The van der Waals surface area contributed by atoms with Gasteiger partial charge in [-0.15, -0.1) is 11.6 Å². The molecule has 0 bridgehead atoms. The lowest BCUT2D eigenvalue weighted by molar-refractivity contribution is 0.520. The zero-order valence-corrected chi connectivity index (χ0v) is 14.0. The summed E-state index contributed by atoms with van der Waals surface area (Å²) in [5.41, 5.74) is 0. The van der Waals surface area contributed by atoms with Gasteiger partial charge in [-0.2, -0.15) is 0 Å². The van der Waals surface area contributed by atoms with Crippen LogP contribution in [0.25, 0.3) is 0 Å². The van der Waals surface area contributed by atoms with Crippen molar-refractivity contribution in [2.24, 2.45) is 5.92 Å². The lowest BCUT2D eigenvalue weighted by atomic mass is 10.1. The van der Waals surface area contributed by atoms with Crippen LogP contribution >= 0.6 is 39.1 Å². The number of hydrogen-bond donors (Lipinski definition) is 1. The Morgan fingerprint density at radius 2 is 2.11 bits per heavy atom. The molecule has 19 heavy (non-hydrogen) atoms. The molecule has 1 aromatic carbocycles. The second-order valence-electron chi connectivity index (χ2n) is 4.68. The topological polar surface area (TPSA) is 46.2 Å². The van der Waals surface area contributed by atoms with Crippen molar-refractivity contribution in [1.29, 1.82) is 0 Å². The molecule has 2 unspecified atom stereocenters. The molecule has 7 heteroatoms. The standard InChI is InChI=1S/C12H14BrCl2NO2S/c13-10-2-1-3-11(15)12(10)19(17,18)16-7-8-4-5-9(14)6-8/h1-3,8-9,16H,4-7H2. The molecule has 0 amide bonds. The highest BCUT2D eigenvalue weighted by atomic mass is 79.9. The number of sulfonamides is 1. The van der Waals surface area contributed by atoms with Gasteiger partial charge in [0.2, 0.25) is 10.0 Å². The van der Waals surface area contributed by atoms with Crippen LogP contribution in [0.4, 0.5) is 0 Å². The average molecular weight is 387 g/mol. The van der Waals surface area contributed by atoms with E-state index in [-0.39, 0.29) is 15.3 Å². The zero-order chi connectivity index (χ0) is 14.0. The van der Waals surface area contributed by atoms with E-state index in [0.29, 0.717) is 16.9 Å². The van der Waals surface area contributed by atoms with Crippen LogP contribution in [0.15, 0.2) is 27.6 Å². The van der Waals surface area contributed by atoms with Gasteiger partial charge in [0.25, 0.3) is 0 Å². The zero-order valence-electron chi connectivity index (χ0n) is 10.1. The summed E-state index contributed by atoms with van der Waals surface area (Å²) in [5, 5.41) is 0.380. The number of nitrogens with one attached hydrogen (secondary N) is 1. The first-order valence-electron chi connectivity index (χ1n) is 5.98. The minimum atomic E-state index is -3.60. The molecule has 0 spiro atoms. The molecular formula is C12H14BrCl2NO2S. The van der Waals surface area contributed by atoms with Gasteiger partial charge in [-0.1, -0.05) is 17.7 Å². The largest absolute Gasteiger partial charge is 0.243 e. The van der Waals surface area contributed by atoms with Crippen LogP contribution in [0.5, 0.6) is 0 Å². The maximum atomic E-state index is 12.3. The molecule has 0 aromatic heterocycles. The van der Waals surface area contributed by atoms with Crippen LogP contribution in [0.2, 0.25) is 5.02 Å². The van der Waals surface area contributed by atoms with Gasteiger partial charge in [0.1, 0.15) is 4.90 Å². The maximum Gasteiger partial charge on any atom is 0.243 e. The van der Waals surface area contributed by atoms with Crippen LogP contribution in [0.3, 0.4) is 0 Å². The molecule has 106 valence electrons. The first kappa shape index (κ1) is 15.6. The summed E-state index contributed by atoms with van der Waals surface area (Å²) in [7, 11) is -3.60. The molecule has 1 aromatic rings. The normalized spacial score (nSPS) is 23.7. The fourth-order valence-electron chi connectivity index (χ4n) is 2.24. The highest BCUT2D eigenvalue weighted by molar-refractivity contribution is 9.10. The molecular weight excluding hydrogens is 373 g/mol. The summed E-state index contributed by atoms with van der Waals surface area (Å²) < 4.78 is 27.6. The Labute approximate surface area is 131 Å². The molecule has 2 atom stereocenters. The number of alkyl halides is 1. The number of benzene rings is 1. The molecule has 0 saturated heterocycles. The summed E-state index contributed by atoms with van der Waals surface area (Å²) in [6.45, 7) is 0.406. The van der Waals surface area contributed by atoms with Crippen molar-refractivity contribution < 1.29 is 8.42 Å². The minimum Gasteiger partial charge on any atom is -0.211 e. The molecule has 1 aliphatic carbocycles. The van der Waals surface area contributed by atoms with E-state index in [1.165, 1.54) is 0 Å². The van der Waals surface area contributed by atoms with E-state index in [1.54, 1.807) is 18.2 Å². The number of halogens is 3. The molecule has 0 heterocycles. The van der Waals surface area contributed by atoms with Crippen molar-refractivity contribution >= 4 is 49.2 Å². The quantitative estimate of drug-likeness (QED) is 0.800. The summed E-state index contributed by atoms with van der Waals surface area (Å²) in [6.07, 6.45) is 2.76. The van der Waals surface area contributed by atoms with E-state index in [1.807, 2.05) is 0 Å². The van der Waals surface area contributed by atoms with Gasteiger partial charge in [0, 0.05) is 16.4 Å². The van der Waals surface area contributed by atoms with Gasteiger partial charge < -0.3 is 0 Å². The van der Waals surface area contributed by atoms with E-state index in [9.17, 15) is 8.42 Å². The Bertz CT molecular complexity index is 545. The van der Waals surface area contributed by atoms with Crippen LogP contribution in [-0.4, -0.2) is 20.3 Å². The molecule has 0 aliphatic heterocycles. The van der Waals surface area contributed by atoms with Gasteiger partial charge in [0.05, 0.1) is 5.02 Å². The Balaban J connectivity index is 2.10. The van der Waals surface area contributed by atoms with Crippen molar-refractivity contribution in [3.63, 3.8) is 0 Å². The highest BCUT2D eigenvalue weighted by Crippen LogP contribution is 2.31. The Kier molecular flexibility index (Phi) is 5.17. The van der Waals surface area contributed by atoms with Crippen LogP contribution in [-0.2, 0) is 10.0 Å². The lowest BCUT2D eigenvalue weighted by Crippen LogP contribution is -2.29. The fraction of sp³-hybridized carbons (Fsp3) is 0.500. The maximum absolute atomic E-state index is 12.3. The van der Waals surface area contributed by atoms with E-state index < -0.39 is 10.0 Å². The van der Waals surface area contributed by atoms with Gasteiger partial charge in [-0.3, -0.25) is 0 Å². The van der Waals surface area contributed by atoms with Crippen LogP contribution < -0.4 is 4.72 Å². The smallest absolute Gasteiger partial charge is 0.211 e. The second-order valence-corrected chi connectivity index (χ2v) is 8.26. The van der Waals surface area contributed by atoms with E-state index >= 15 is 0 Å². The third kappa shape index (κ3) is 3.85.